The van der Waals surface area contributed by atoms with E-state index in [1.807, 2.05) is 35.6 Å². The Balaban J connectivity index is 0.00000392. The molecule has 0 spiro atoms. The highest BCUT2D eigenvalue weighted by Crippen LogP contribution is 2.40. The summed E-state index contributed by atoms with van der Waals surface area (Å²) in [6.45, 7) is 1.65. The third-order valence-corrected chi connectivity index (χ3v) is 4.29. The van der Waals surface area contributed by atoms with E-state index in [9.17, 15) is 5.11 Å². The lowest BCUT2D eigenvalue weighted by Gasteiger charge is -2.15. The maximum absolute atomic E-state index is 10.1. The van der Waals surface area contributed by atoms with Crippen molar-refractivity contribution in [3.8, 4) is 17.2 Å². The van der Waals surface area contributed by atoms with E-state index in [0.717, 1.165) is 12.1 Å². The van der Waals surface area contributed by atoms with Gasteiger partial charge in [0.05, 0.1) is 47.2 Å². The third-order valence-electron chi connectivity index (χ3n) is 4.29. The van der Waals surface area contributed by atoms with E-state index in [1.54, 1.807) is 21.3 Å². The van der Waals surface area contributed by atoms with Gasteiger partial charge in [-0.1, -0.05) is 30.3 Å². The zero-order chi connectivity index (χ0) is 19.5. The first kappa shape index (κ1) is 24.0. The lowest BCUT2D eigenvalue weighted by molar-refractivity contribution is -0.573. The van der Waals surface area contributed by atoms with E-state index in [-0.39, 0.29) is 12.4 Å². The van der Waals surface area contributed by atoms with E-state index < -0.39 is 6.10 Å². The molecule has 0 saturated carbocycles. The van der Waals surface area contributed by atoms with Gasteiger partial charge in [0.15, 0.2) is 11.4 Å². The molecule has 0 aliphatic rings. The fraction of sp³-hybridized carbons (Fsp3) is 0.429. The average Bonchev–Trinajstić information content (AvgIpc) is 2.71. The molecular weight excluding hydrogens is 382 g/mol. The van der Waals surface area contributed by atoms with E-state index in [1.165, 1.54) is 5.56 Å². The van der Waals surface area contributed by atoms with Crippen LogP contribution >= 0.6 is 0 Å². The number of nitrogens with two attached hydrogens (primary N) is 1. The molecule has 0 radical (unpaired) electrons. The molecule has 2 rings (SSSR count). The highest BCUT2D eigenvalue weighted by molar-refractivity contribution is 5.61. The summed E-state index contributed by atoms with van der Waals surface area (Å²) in [7, 11) is 4.78. The summed E-state index contributed by atoms with van der Waals surface area (Å²) in [5.41, 5.74) is 2.15. The minimum Gasteiger partial charge on any atom is -1.00 e. The summed E-state index contributed by atoms with van der Waals surface area (Å²) < 4.78 is 21.7. The summed E-state index contributed by atoms with van der Waals surface area (Å²) in [5, 5.41) is 12.1. The summed E-state index contributed by atoms with van der Waals surface area (Å²) >= 11 is 0. The first-order valence-corrected chi connectivity index (χ1v) is 9.11. The van der Waals surface area contributed by atoms with Crippen LogP contribution in [0.25, 0.3) is 0 Å². The lowest BCUT2D eigenvalue weighted by atomic mass is 10.2. The predicted octanol–water partition coefficient (Wildman–Crippen LogP) is -1.08. The van der Waals surface area contributed by atoms with E-state index in [2.05, 4.69) is 12.1 Å². The number of methoxy groups -OCH3 is 3. The molecule has 3 N–H and O–H groups in total. The van der Waals surface area contributed by atoms with Crippen LogP contribution in [-0.4, -0.2) is 52.3 Å². The molecule has 0 amide bonds. The van der Waals surface area contributed by atoms with E-state index in [0.29, 0.717) is 43.4 Å². The van der Waals surface area contributed by atoms with Crippen molar-refractivity contribution in [2.75, 3.05) is 41.1 Å². The molecule has 28 heavy (non-hydrogen) atoms. The minimum absolute atomic E-state index is 0. The van der Waals surface area contributed by atoms with Crippen LogP contribution in [0.1, 0.15) is 12.0 Å². The summed E-state index contributed by atoms with van der Waals surface area (Å²) in [4.78, 5) is 0. The van der Waals surface area contributed by atoms with E-state index >= 15 is 0 Å². The number of benzene rings is 2. The molecule has 7 heteroatoms. The van der Waals surface area contributed by atoms with Crippen LogP contribution in [0.3, 0.4) is 0 Å². The van der Waals surface area contributed by atoms with Gasteiger partial charge in [0.2, 0.25) is 11.5 Å². The molecule has 0 fully saturated rings. The molecule has 156 valence electrons. The van der Waals surface area contributed by atoms with Crippen LogP contribution in [-0.2, 0) is 11.2 Å². The average molecular weight is 412 g/mol. The largest absolute Gasteiger partial charge is 1.00 e. The van der Waals surface area contributed by atoms with Crippen LogP contribution in [0.2, 0.25) is 0 Å². The zero-order valence-electron chi connectivity index (χ0n) is 16.7. The monoisotopic (exact) mass is 411 g/mol. The highest BCUT2D eigenvalue weighted by atomic mass is 35.5. The summed E-state index contributed by atoms with van der Waals surface area (Å²) in [5.74, 6) is 1.82. The quantitative estimate of drug-likeness (QED) is 0.343. The Morgan fingerprint density at radius 1 is 0.929 bits per heavy atom. The van der Waals surface area contributed by atoms with Gasteiger partial charge in [0.25, 0.3) is 0 Å². The summed E-state index contributed by atoms with van der Waals surface area (Å²) in [6.07, 6.45) is 0.967. The maximum atomic E-state index is 10.1. The number of aliphatic hydroxyl groups excluding tert-OH is 1. The van der Waals surface area contributed by atoms with Crippen LogP contribution in [0, 0.1) is 0 Å². The van der Waals surface area contributed by atoms with Gasteiger partial charge in [0.1, 0.15) is 0 Å². The number of ether oxygens (including phenoxy) is 4. The number of quaternary nitrogens is 1. The zero-order valence-corrected chi connectivity index (χ0v) is 17.4. The molecule has 0 bridgehead atoms. The molecule has 2 aromatic carbocycles. The molecular formula is C21H30ClNO5. The van der Waals surface area contributed by atoms with Crippen molar-refractivity contribution in [2.24, 2.45) is 0 Å². The van der Waals surface area contributed by atoms with Crippen molar-refractivity contribution in [2.45, 2.75) is 18.9 Å². The molecule has 0 aliphatic carbocycles. The smallest absolute Gasteiger partial charge is 0.226 e. The fourth-order valence-electron chi connectivity index (χ4n) is 2.85. The van der Waals surface area contributed by atoms with Gasteiger partial charge in [0, 0.05) is 12.5 Å². The van der Waals surface area contributed by atoms with Gasteiger partial charge in [-0.15, -0.1) is 0 Å². The maximum Gasteiger partial charge on any atom is 0.226 e. The number of aliphatic hydroxyl groups is 1. The second-order valence-corrected chi connectivity index (χ2v) is 6.17. The lowest BCUT2D eigenvalue weighted by Crippen LogP contribution is -3.00. The van der Waals surface area contributed by atoms with Crippen molar-refractivity contribution in [3.63, 3.8) is 0 Å². The predicted molar refractivity (Wildman–Crippen MR) is 104 cm³/mol. The summed E-state index contributed by atoms with van der Waals surface area (Å²) in [6, 6.07) is 13.9. The highest BCUT2D eigenvalue weighted by Gasteiger charge is 2.18. The normalized spacial score (nSPS) is 11.4. The molecule has 0 aliphatic heterocycles. The van der Waals surface area contributed by atoms with Crippen LogP contribution in [0.5, 0.6) is 17.2 Å². The van der Waals surface area contributed by atoms with Gasteiger partial charge >= 0.3 is 0 Å². The molecule has 0 heterocycles. The van der Waals surface area contributed by atoms with Gasteiger partial charge in [-0.3, -0.25) is 0 Å². The number of halogens is 1. The Morgan fingerprint density at radius 2 is 1.64 bits per heavy atom. The molecule has 0 aromatic heterocycles. The van der Waals surface area contributed by atoms with Gasteiger partial charge in [-0.05, 0) is 18.1 Å². The van der Waals surface area contributed by atoms with Gasteiger partial charge < -0.3 is 41.8 Å². The van der Waals surface area contributed by atoms with Crippen molar-refractivity contribution in [1.29, 1.82) is 0 Å². The number of hydrogen-bond acceptors (Lipinski definition) is 5. The van der Waals surface area contributed by atoms with Crippen LogP contribution in [0.4, 0.5) is 5.69 Å². The van der Waals surface area contributed by atoms with E-state index in [4.69, 9.17) is 18.9 Å². The van der Waals surface area contributed by atoms with Gasteiger partial charge in [-0.25, -0.2) is 0 Å². The Hall–Kier alpha value is -1.99. The standard InChI is InChI=1S/C21H29NO5.ClH/c1-24-19-10-9-18(20(25-2)21(19)26-3)22-13-11-17(23)15-27-14-12-16-7-5-4-6-8-16;/h4-10,17,22-23H,11-15H2,1-3H3;1H. The Kier molecular flexibility index (Phi) is 11.4. The molecule has 6 nitrogen and oxygen atoms in total. The fourth-order valence-corrected chi connectivity index (χ4v) is 2.85. The Morgan fingerprint density at radius 3 is 2.29 bits per heavy atom. The van der Waals surface area contributed by atoms with Gasteiger partial charge in [-0.2, -0.15) is 0 Å². The minimum atomic E-state index is -0.497. The third kappa shape index (κ3) is 7.20. The topological polar surface area (TPSA) is 73.8 Å². The van der Waals surface area contributed by atoms with Crippen LogP contribution in [0.15, 0.2) is 42.5 Å². The number of rotatable bonds is 12. The van der Waals surface area contributed by atoms with Crippen molar-refractivity contribution in [1.82, 2.24) is 0 Å². The molecule has 0 saturated heterocycles. The Labute approximate surface area is 173 Å². The van der Waals surface area contributed by atoms with Crippen LogP contribution < -0.4 is 31.9 Å². The van der Waals surface area contributed by atoms with Crippen molar-refractivity contribution in [3.05, 3.63) is 48.0 Å². The molecule has 1 atom stereocenters. The molecule has 1 unspecified atom stereocenters. The Bertz CT molecular complexity index is 684. The van der Waals surface area contributed by atoms with Crippen molar-refractivity contribution >= 4 is 5.69 Å². The second-order valence-electron chi connectivity index (χ2n) is 6.17. The first-order valence-electron chi connectivity index (χ1n) is 9.11. The first-order chi connectivity index (χ1) is 13.2. The molecule has 2 aromatic rings. The SMILES string of the molecule is COc1ccc([NH2+]CCC(O)COCCc2ccccc2)c(OC)c1OC.[Cl-]. The number of hydrogen-bond donors (Lipinski definition) is 2. The second kappa shape index (κ2) is 13.2. The van der Waals surface area contributed by atoms with Crippen molar-refractivity contribution < 1.29 is 41.8 Å².